The van der Waals surface area contributed by atoms with Gasteiger partial charge in [0.05, 0.1) is 0 Å². The smallest absolute Gasteiger partial charge is 0.222 e. The van der Waals surface area contributed by atoms with E-state index in [2.05, 4.69) is 4.98 Å². The maximum absolute atomic E-state index is 12.2. The van der Waals surface area contributed by atoms with Gasteiger partial charge >= 0.3 is 0 Å². The average Bonchev–Trinajstić information content (AvgIpc) is 2.48. The number of rotatable bonds is 5. The van der Waals surface area contributed by atoms with E-state index in [0.717, 1.165) is 25.8 Å². The summed E-state index contributed by atoms with van der Waals surface area (Å²) in [6, 6.07) is 4.20. The quantitative estimate of drug-likeness (QED) is 0.890. The van der Waals surface area contributed by atoms with Gasteiger partial charge in [0.15, 0.2) is 0 Å². The minimum atomic E-state index is 0. The monoisotopic (exact) mass is 347 g/mol. The highest BCUT2D eigenvalue weighted by molar-refractivity contribution is 5.85. The third-order valence-corrected chi connectivity index (χ3v) is 4.32. The third-order valence-electron chi connectivity index (χ3n) is 4.32. The van der Waals surface area contributed by atoms with Crippen LogP contribution in [0.3, 0.4) is 0 Å². The number of nitrogens with two attached hydrogens (primary N) is 1. The highest BCUT2D eigenvalue weighted by atomic mass is 35.5. The molecule has 1 aliphatic carbocycles. The summed E-state index contributed by atoms with van der Waals surface area (Å²) in [5, 5.41) is 0. The number of carbonyl (C=O) groups is 1. The van der Waals surface area contributed by atoms with Crippen LogP contribution in [0.4, 0.5) is 0 Å². The number of nitrogens with zero attached hydrogens (tertiary/aromatic N) is 2. The molecule has 0 saturated heterocycles. The van der Waals surface area contributed by atoms with Gasteiger partial charge in [0, 0.05) is 38.4 Å². The van der Waals surface area contributed by atoms with E-state index in [1.807, 2.05) is 24.1 Å². The van der Waals surface area contributed by atoms with Crippen molar-refractivity contribution in [1.82, 2.24) is 9.88 Å². The van der Waals surface area contributed by atoms with Crippen molar-refractivity contribution in [3.8, 4) is 0 Å². The molecule has 1 saturated carbocycles. The Hall–Kier alpha value is -0.840. The molecule has 0 radical (unpaired) electrons. The van der Waals surface area contributed by atoms with E-state index in [9.17, 15) is 4.79 Å². The molecule has 0 bridgehead atoms. The summed E-state index contributed by atoms with van der Waals surface area (Å²) in [6.45, 7) is 0.755. The summed E-state index contributed by atoms with van der Waals surface area (Å²) in [6.07, 6.45) is 9.66. The van der Waals surface area contributed by atoms with Crippen LogP contribution in [0.5, 0.6) is 0 Å². The number of hydrogen-bond acceptors (Lipinski definition) is 3. The summed E-state index contributed by atoms with van der Waals surface area (Å²) in [5.74, 6) is 0.598. The first-order valence-electron chi connectivity index (χ1n) is 7.55. The molecule has 0 aromatic carbocycles. The molecule has 1 aromatic rings. The summed E-state index contributed by atoms with van der Waals surface area (Å²) >= 11 is 0. The zero-order valence-corrected chi connectivity index (χ0v) is 14.7. The Morgan fingerprint density at radius 2 is 1.91 bits per heavy atom. The van der Waals surface area contributed by atoms with Crippen LogP contribution in [-0.2, 0) is 11.2 Å². The predicted octanol–water partition coefficient (Wildman–Crippen LogP) is 2.83. The Labute approximate surface area is 145 Å². The SMILES string of the molecule is CN(CCc1ccncc1)C(=O)CC1CCCCC1N.Cl.Cl. The lowest BCUT2D eigenvalue weighted by Gasteiger charge is -2.29. The topological polar surface area (TPSA) is 59.2 Å². The second-order valence-electron chi connectivity index (χ2n) is 5.83. The Morgan fingerprint density at radius 1 is 1.27 bits per heavy atom. The van der Waals surface area contributed by atoms with Crippen LogP contribution in [0.1, 0.15) is 37.7 Å². The lowest BCUT2D eigenvalue weighted by atomic mass is 9.83. The van der Waals surface area contributed by atoms with Gasteiger partial charge in [-0.2, -0.15) is 0 Å². The van der Waals surface area contributed by atoms with E-state index >= 15 is 0 Å². The number of pyridine rings is 1. The summed E-state index contributed by atoms with van der Waals surface area (Å²) in [4.78, 5) is 18.1. The lowest BCUT2D eigenvalue weighted by Crippen LogP contribution is -2.38. The summed E-state index contributed by atoms with van der Waals surface area (Å²) in [7, 11) is 1.89. The van der Waals surface area contributed by atoms with E-state index in [4.69, 9.17) is 5.73 Å². The van der Waals surface area contributed by atoms with Crippen molar-refractivity contribution < 1.29 is 4.79 Å². The molecule has 22 heavy (non-hydrogen) atoms. The first-order valence-corrected chi connectivity index (χ1v) is 7.55. The average molecular weight is 348 g/mol. The fourth-order valence-corrected chi connectivity index (χ4v) is 2.84. The highest BCUT2D eigenvalue weighted by Gasteiger charge is 2.25. The van der Waals surface area contributed by atoms with E-state index in [1.54, 1.807) is 12.4 Å². The Bertz CT molecular complexity index is 431. The first kappa shape index (κ1) is 21.2. The van der Waals surface area contributed by atoms with E-state index in [-0.39, 0.29) is 36.8 Å². The van der Waals surface area contributed by atoms with Gasteiger partial charge < -0.3 is 10.6 Å². The highest BCUT2D eigenvalue weighted by Crippen LogP contribution is 2.26. The molecule has 1 heterocycles. The molecule has 2 unspecified atom stereocenters. The summed E-state index contributed by atoms with van der Waals surface area (Å²) < 4.78 is 0. The molecule has 1 aliphatic rings. The normalized spacial score (nSPS) is 20.5. The third kappa shape index (κ3) is 6.51. The van der Waals surface area contributed by atoms with E-state index < -0.39 is 0 Å². The molecular weight excluding hydrogens is 321 g/mol. The van der Waals surface area contributed by atoms with Gasteiger partial charge in [0.1, 0.15) is 0 Å². The van der Waals surface area contributed by atoms with Gasteiger partial charge in [-0.15, -0.1) is 24.8 Å². The standard InChI is InChI=1S/C16H25N3O.2ClH/c1-19(11-8-13-6-9-18-10-7-13)16(20)12-14-4-2-3-5-15(14)17;;/h6-7,9-10,14-15H,2-5,8,11-12,17H2,1H3;2*1H. The zero-order chi connectivity index (χ0) is 14.4. The molecule has 0 aliphatic heterocycles. The fourth-order valence-electron chi connectivity index (χ4n) is 2.84. The van der Waals surface area contributed by atoms with Crippen molar-refractivity contribution >= 4 is 30.7 Å². The van der Waals surface area contributed by atoms with Crippen LogP contribution in [-0.4, -0.2) is 35.4 Å². The number of hydrogen-bond donors (Lipinski definition) is 1. The fraction of sp³-hybridized carbons (Fsp3) is 0.625. The molecule has 4 nitrogen and oxygen atoms in total. The van der Waals surface area contributed by atoms with Crippen molar-refractivity contribution in [2.24, 2.45) is 11.7 Å². The van der Waals surface area contributed by atoms with Gasteiger partial charge in [0.25, 0.3) is 0 Å². The van der Waals surface area contributed by atoms with E-state index in [0.29, 0.717) is 12.3 Å². The number of aromatic nitrogens is 1. The first-order chi connectivity index (χ1) is 9.66. The minimum absolute atomic E-state index is 0. The molecule has 126 valence electrons. The van der Waals surface area contributed by atoms with Crippen molar-refractivity contribution in [2.45, 2.75) is 44.6 Å². The molecule has 1 aromatic heterocycles. The van der Waals surface area contributed by atoms with Crippen molar-refractivity contribution in [2.75, 3.05) is 13.6 Å². The molecule has 1 fully saturated rings. The zero-order valence-electron chi connectivity index (χ0n) is 13.1. The molecule has 1 amide bonds. The molecular formula is C16H27Cl2N3O. The second kappa shape index (κ2) is 10.8. The van der Waals surface area contributed by atoms with Crippen LogP contribution in [0, 0.1) is 5.92 Å². The maximum Gasteiger partial charge on any atom is 0.222 e. The van der Waals surface area contributed by atoms with Crippen LogP contribution in [0.25, 0.3) is 0 Å². The molecule has 2 rings (SSSR count). The Balaban J connectivity index is 0.00000220. The van der Waals surface area contributed by atoms with Crippen LogP contribution in [0.2, 0.25) is 0 Å². The largest absolute Gasteiger partial charge is 0.345 e. The summed E-state index contributed by atoms with van der Waals surface area (Å²) in [5.41, 5.74) is 7.33. The maximum atomic E-state index is 12.2. The van der Waals surface area contributed by atoms with Crippen LogP contribution >= 0.6 is 24.8 Å². The number of carbonyl (C=O) groups excluding carboxylic acids is 1. The van der Waals surface area contributed by atoms with Crippen LogP contribution in [0.15, 0.2) is 24.5 Å². The number of likely N-dealkylation sites (N-methyl/N-ethyl adjacent to an activating group) is 1. The molecule has 2 atom stereocenters. The molecule has 6 heteroatoms. The van der Waals surface area contributed by atoms with Gasteiger partial charge in [-0.1, -0.05) is 12.8 Å². The minimum Gasteiger partial charge on any atom is -0.345 e. The number of amides is 1. The van der Waals surface area contributed by atoms with Crippen LogP contribution < -0.4 is 5.73 Å². The Kier molecular flexibility index (Phi) is 10.4. The second-order valence-corrected chi connectivity index (χ2v) is 5.83. The molecule has 2 N–H and O–H groups in total. The number of halogens is 2. The molecule has 0 spiro atoms. The van der Waals surface area contributed by atoms with Gasteiger partial charge in [-0.3, -0.25) is 9.78 Å². The Morgan fingerprint density at radius 3 is 2.55 bits per heavy atom. The van der Waals surface area contributed by atoms with Gasteiger partial charge in [-0.25, -0.2) is 0 Å². The van der Waals surface area contributed by atoms with Crippen molar-refractivity contribution in [3.63, 3.8) is 0 Å². The van der Waals surface area contributed by atoms with Crippen molar-refractivity contribution in [1.29, 1.82) is 0 Å². The van der Waals surface area contributed by atoms with Crippen molar-refractivity contribution in [3.05, 3.63) is 30.1 Å². The van der Waals surface area contributed by atoms with E-state index in [1.165, 1.54) is 18.4 Å². The van der Waals surface area contributed by atoms with Gasteiger partial charge in [-0.05, 0) is 42.9 Å². The lowest BCUT2D eigenvalue weighted by molar-refractivity contribution is -0.131. The predicted molar refractivity (Wildman–Crippen MR) is 94.6 cm³/mol. The van der Waals surface area contributed by atoms with Gasteiger partial charge in [0.2, 0.25) is 5.91 Å².